The summed E-state index contributed by atoms with van der Waals surface area (Å²) in [6.07, 6.45) is 2.54. The second-order valence-electron chi connectivity index (χ2n) is 4.00. The Hall–Kier alpha value is -1.85. The van der Waals surface area contributed by atoms with Crippen LogP contribution in [0.15, 0.2) is 15.9 Å². The Labute approximate surface area is 98.1 Å². The summed E-state index contributed by atoms with van der Waals surface area (Å²) in [4.78, 5) is 28.2. The number of rotatable bonds is 3. The number of imidazole rings is 1. The fourth-order valence-electron chi connectivity index (χ4n) is 2.01. The van der Waals surface area contributed by atoms with Gasteiger partial charge in [0.25, 0.3) is 5.56 Å². The number of aryl methyl sites for hydroxylation is 2. The molecule has 0 atom stereocenters. The van der Waals surface area contributed by atoms with Crippen molar-refractivity contribution in [3.63, 3.8) is 0 Å². The van der Waals surface area contributed by atoms with Crippen molar-refractivity contribution in [3.05, 3.63) is 27.2 Å². The first kappa shape index (κ1) is 11.6. The maximum atomic E-state index is 12.2. The van der Waals surface area contributed by atoms with E-state index in [0.29, 0.717) is 17.7 Å². The minimum Gasteiger partial charge on any atom is -0.325 e. The normalized spacial score (nSPS) is 11.2. The quantitative estimate of drug-likeness (QED) is 0.771. The van der Waals surface area contributed by atoms with E-state index in [1.54, 1.807) is 20.3 Å². The molecule has 0 aliphatic heterocycles. The zero-order chi connectivity index (χ0) is 12.6. The predicted molar refractivity (Wildman–Crippen MR) is 65.2 cm³/mol. The molecule has 0 saturated heterocycles. The van der Waals surface area contributed by atoms with Gasteiger partial charge < -0.3 is 4.57 Å². The second kappa shape index (κ2) is 4.20. The summed E-state index contributed by atoms with van der Waals surface area (Å²) < 4.78 is 4.46. The molecule has 6 heteroatoms. The lowest BCUT2D eigenvalue weighted by Gasteiger charge is -2.07. The van der Waals surface area contributed by atoms with Crippen LogP contribution in [0.2, 0.25) is 0 Å². The highest BCUT2D eigenvalue weighted by Gasteiger charge is 2.14. The third kappa shape index (κ3) is 1.60. The molecule has 0 saturated carbocycles. The Morgan fingerprint density at radius 2 is 2.00 bits per heavy atom. The summed E-state index contributed by atoms with van der Waals surface area (Å²) in [5.41, 5.74) is 0.400. The fourth-order valence-corrected chi connectivity index (χ4v) is 2.01. The summed E-state index contributed by atoms with van der Waals surface area (Å²) in [7, 11) is 1.64. The standard InChI is InChI=1S/C11H16N4O2/c1-4-6-14-7-12-9-8(14)10(16)15(5-2)11(17)13(9)3/h7H,4-6H2,1-3H3. The van der Waals surface area contributed by atoms with Crippen molar-refractivity contribution >= 4 is 11.2 Å². The van der Waals surface area contributed by atoms with Crippen molar-refractivity contribution in [1.82, 2.24) is 18.7 Å². The van der Waals surface area contributed by atoms with Crippen molar-refractivity contribution in [3.8, 4) is 0 Å². The highest BCUT2D eigenvalue weighted by Crippen LogP contribution is 2.05. The van der Waals surface area contributed by atoms with E-state index in [4.69, 9.17) is 0 Å². The van der Waals surface area contributed by atoms with Crippen molar-refractivity contribution in [2.45, 2.75) is 33.4 Å². The number of hydrogen-bond donors (Lipinski definition) is 0. The van der Waals surface area contributed by atoms with Gasteiger partial charge in [0.05, 0.1) is 6.33 Å². The monoisotopic (exact) mass is 236 g/mol. The van der Waals surface area contributed by atoms with E-state index in [1.807, 2.05) is 11.5 Å². The largest absolute Gasteiger partial charge is 0.332 e. The zero-order valence-electron chi connectivity index (χ0n) is 10.3. The highest BCUT2D eigenvalue weighted by atomic mass is 16.2. The Balaban J connectivity index is 2.92. The molecular formula is C11H16N4O2. The van der Waals surface area contributed by atoms with Crippen LogP contribution >= 0.6 is 0 Å². The maximum absolute atomic E-state index is 12.2. The van der Waals surface area contributed by atoms with Crippen LogP contribution in [0, 0.1) is 0 Å². The van der Waals surface area contributed by atoms with Crippen molar-refractivity contribution < 1.29 is 0 Å². The number of fused-ring (bicyclic) bond motifs is 1. The van der Waals surface area contributed by atoms with Gasteiger partial charge in [-0.2, -0.15) is 0 Å². The molecule has 0 bridgehead atoms. The molecule has 0 amide bonds. The molecule has 0 N–H and O–H groups in total. The average Bonchev–Trinajstić information content (AvgIpc) is 2.72. The van der Waals surface area contributed by atoms with Crippen LogP contribution in [-0.4, -0.2) is 18.7 Å². The van der Waals surface area contributed by atoms with Crippen LogP contribution in [0.4, 0.5) is 0 Å². The second-order valence-corrected chi connectivity index (χ2v) is 4.00. The van der Waals surface area contributed by atoms with Crippen molar-refractivity contribution in [2.24, 2.45) is 7.05 Å². The van der Waals surface area contributed by atoms with Gasteiger partial charge in [-0.25, -0.2) is 9.78 Å². The van der Waals surface area contributed by atoms with Gasteiger partial charge in [0.2, 0.25) is 0 Å². The van der Waals surface area contributed by atoms with Crippen molar-refractivity contribution in [2.75, 3.05) is 0 Å². The van der Waals surface area contributed by atoms with E-state index >= 15 is 0 Å². The highest BCUT2D eigenvalue weighted by molar-refractivity contribution is 5.69. The van der Waals surface area contributed by atoms with E-state index in [2.05, 4.69) is 4.98 Å². The summed E-state index contributed by atoms with van der Waals surface area (Å²) >= 11 is 0. The molecule has 0 radical (unpaired) electrons. The summed E-state index contributed by atoms with van der Waals surface area (Å²) in [5, 5.41) is 0. The van der Waals surface area contributed by atoms with Gasteiger partial charge in [0.15, 0.2) is 11.2 Å². The van der Waals surface area contributed by atoms with Gasteiger partial charge >= 0.3 is 5.69 Å². The summed E-state index contributed by atoms with van der Waals surface area (Å²) in [5.74, 6) is 0. The van der Waals surface area contributed by atoms with Gasteiger partial charge in [-0.3, -0.25) is 13.9 Å². The molecule has 2 heterocycles. The molecular weight excluding hydrogens is 220 g/mol. The van der Waals surface area contributed by atoms with E-state index in [9.17, 15) is 9.59 Å². The average molecular weight is 236 g/mol. The van der Waals surface area contributed by atoms with E-state index in [-0.39, 0.29) is 11.2 Å². The van der Waals surface area contributed by atoms with Crippen LogP contribution < -0.4 is 11.2 Å². The zero-order valence-corrected chi connectivity index (χ0v) is 10.3. The first-order valence-electron chi connectivity index (χ1n) is 5.76. The van der Waals surface area contributed by atoms with E-state index in [0.717, 1.165) is 13.0 Å². The molecule has 0 aromatic carbocycles. The summed E-state index contributed by atoms with van der Waals surface area (Å²) in [6.45, 7) is 4.92. The van der Waals surface area contributed by atoms with Crippen molar-refractivity contribution in [1.29, 1.82) is 0 Å². The first-order valence-corrected chi connectivity index (χ1v) is 5.76. The smallest absolute Gasteiger partial charge is 0.325 e. The lowest BCUT2D eigenvalue weighted by atomic mass is 10.4. The molecule has 0 aliphatic carbocycles. The Bertz CT molecular complexity index is 662. The maximum Gasteiger partial charge on any atom is 0.332 e. The summed E-state index contributed by atoms with van der Waals surface area (Å²) in [6, 6.07) is 0. The third-order valence-electron chi connectivity index (χ3n) is 2.88. The molecule has 2 aromatic rings. The molecule has 2 aromatic heterocycles. The van der Waals surface area contributed by atoms with Gasteiger partial charge in [-0.05, 0) is 13.3 Å². The topological polar surface area (TPSA) is 61.8 Å². The molecule has 92 valence electrons. The van der Waals surface area contributed by atoms with Crippen LogP contribution in [-0.2, 0) is 20.1 Å². The number of aromatic nitrogens is 4. The van der Waals surface area contributed by atoms with Gasteiger partial charge in [-0.15, -0.1) is 0 Å². The molecule has 17 heavy (non-hydrogen) atoms. The lowest BCUT2D eigenvalue weighted by Crippen LogP contribution is -2.39. The van der Waals surface area contributed by atoms with Gasteiger partial charge in [0.1, 0.15) is 0 Å². The fraction of sp³-hybridized carbons (Fsp3) is 0.545. The molecule has 0 spiro atoms. The van der Waals surface area contributed by atoms with Crippen LogP contribution in [0.1, 0.15) is 20.3 Å². The van der Waals surface area contributed by atoms with Gasteiger partial charge in [-0.1, -0.05) is 6.92 Å². The molecule has 6 nitrogen and oxygen atoms in total. The number of hydrogen-bond acceptors (Lipinski definition) is 3. The van der Waals surface area contributed by atoms with E-state index < -0.39 is 0 Å². The Kier molecular flexibility index (Phi) is 2.87. The molecule has 0 unspecified atom stereocenters. The molecule has 0 aliphatic rings. The third-order valence-corrected chi connectivity index (χ3v) is 2.88. The van der Waals surface area contributed by atoms with E-state index in [1.165, 1.54) is 9.13 Å². The minimum absolute atomic E-state index is 0.253. The predicted octanol–water partition coefficient (Wildman–Crippen LogP) is 0.327. The Morgan fingerprint density at radius 1 is 1.29 bits per heavy atom. The number of nitrogens with zero attached hydrogens (tertiary/aromatic N) is 4. The SMILES string of the molecule is CCCn1cnc2c1c(=O)n(CC)c(=O)n2C. The van der Waals surface area contributed by atoms with Crippen LogP contribution in [0.3, 0.4) is 0 Å². The van der Waals surface area contributed by atoms with Gasteiger partial charge in [0, 0.05) is 20.1 Å². The van der Waals surface area contributed by atoms with Crippen LogP contribution in [0.5, 0.6) is 0 Å². The Morgan fingerprint density at radius 3 is 2.59 bits per heavy atom. The minimum atomic E-state index is -0.313. The lowest BCUT2D eigenvalue weighted by molar-refractivity contribution is 0.628. The molecule has 2 rings (SSSR count). The first-order chi connectivity index (χ1) is 8.11. The molecule has 0 fully saturated rings. The van der Waals surface area contributed by atoms with Crippen LogP contribution in [0.25, 0.3) is 11.2 Å².